The average molecular weight is 129 g/mol. The Morgan fingerprint density at radius 3 is 2.88 bits per heavy atom. The second-order valence-corrected chi connectivity index (χ2v) is 1.66. The van der Waals surface area contributed by atoms with E-state index in [1.54, 1.807) is 0 Å². The van der Waals surface area contributed by atoms with Gasteiger partial charge in [-0.3, -0.25) is 4.98 Å². The summed E-state index contributed by atoms with van der Waals surface area (Å²) < 4.78 is 0. The van der Waals surface area contributed by atoms with Gasteiger partial charge < -0.3 is 5.11 Å². The number of hydrogen-bond donors (Lipinski definition) is 1. The van der Waals surface area contributed by atoms with E-state index in [1.165, 1.54) is 12.3 Å². The third-order valence-electron chi connectivity index (χ3n) is 0.692. The van der Waals surface area contributed by atoms with Crippen molar-refractivity contribution in [2.75, 3.05) is 0 Å². The van der Waals surface area contributed by atoms with Crippen LogP contribution in [0.4, 0.5) is 0 Å². The minimum atomic E-state index is -0.103. The molecule has 1 heterocycles. The monoisotopic (exact) mass is 128 g/mol. The van der Waals surface area contributed by atoms with Crippen LogP contribution in [0, 0.1) is 6.20 Å². The molecule has 0 aliphatic heterocycles. The van der Waals surface area contributed by atoms with Gasteiger partial charge in [-0.25, -0.2) is 0 Å². The van der Waals surface area contributed by atoms with Crippen molar-refractivity contribution < 1.29 is 5.11 Å². The van der Waals surface area contributed by atoms with Gasteiger partial charge in [0.05, 0.1) is 5.02 Å². The second-order valence-electron chi connectivity index (χ2n) is 1.25. The normalized spacial score (nSPS) is 9.12. The summed E-state index contributed by atoms with van der Waals surface area (Å²) in [6, 6.07) is 1.49. The molecule has 1 N–H and O–H groups in total. The Morgan fingerprint density at radius 2 is 2.50 bits per heavy atom. The molecule has 0 bridgehead atoms. The van der Waals surface area contributed by atoms with Gasteiger partial charge >= 0.3 is 0 Å². The topological polar surface area (TPSA) is 33.1 Å². The molecule has 0 aliphatic carbocycles. The van der Waals surface area contributed by atoms with Crippen LogP contribution in [-0.4, -0.2) is 10.1 Å². The predicted octanol–water partition coefficient (Wildman–Crippen LogP) is 1.24. The summed E-state index contributed by atoms with van der Waals surface area (Å²) in [7, 11) is 0. The van der Waals surface area contributed by atoms with Gasteiger partial charge in [0.2, 0.25) is 0 Å². The molecule has 0 amide bonds. The molecule has 0 saturated carbocycles. The summed E-state index contributed by atoms with van der Waals surface area (Å²) in [5, 5.41) is 8.95. The van der Waals surface area contributed by atoms with Gasteiger partial charge in [0, 0.05) is 6.20 Å². The van der Waals surface area contributed by atoms with Crippen LogP contribution in [0.25, 0.3) is 0 Å². The largest absolute Gasteiger partial charge is 0.504 e. The summed E-state index contributed by atoms with van der Waals surface area (Å²) in [5.74, 6) is -0.103. The van der Waals surface area contributed by atoms with Crippen LogP contribution in [0.3, 0.4) is 0 Å². The molecular weight excluding hydrogens is 126 g/mol. The van der Waals surface area contributed by atoms with Crippen molar-refractivity contribution in [3.63, 3.8) is 0 Å². The fraction of sp³-hybridized carbons (Fsp3) is 0. The molecule has 0 atom stereocenters. The van der Waals surface area contributed by atoms with Crippen molar-refractivity contribution in [1.82, 2.24) is 4.98 Å². The first kappa shape index (κ1) is 5.38. The Morgan fingerprint density at radius 1 is 1.75 bits per heavy atom. The Labute approximate surface area is 51.7 Å². The van der Waals surface area contributed by atoms with E-state index in [9.17, 15) is 0 Å². The number of aromatic hydroxyl groups is 1. The maximum absolute atomic E-state index is 8.67. The molecule has 3 heteroatoms. The lowest BCUT2D eigenvalue weighted by atomic mass is 10.5. The third kappa shape index (κ3) is 0.898. The Kier molecular flexibility index (Phi) is 1.35. The van der Waals surface area contributed by atoms with Crippen LogP contribution in [0.2, 0.25) is 5.02 Å². The van der Waals surface area contributed by atoms with E-state index in [1.807, 2.05) is 0 Å². The van der Waals surface area contributed by atoms with Crippen molar-refractivity contribution in [2.45, 2.75) is 0 Å². The fourth-order valence-electron chi connectivity index (χ4n) is 0.333. The fourth-order valence-corrected chi connectivity index (χ4v) is 0.432. The highest BCUT2D eigenvalue weighted by Gasteiger charge is 1.92. The zero-order chi connectivity index (χ0) is 5.98. The molecule has 0 saturated heterocycles. The van der Waals surface area contributed by atoms with E-state index < -0.39 is 0 Å². The molecule has 1 aromatic heterocycles. The number of nitrogens with zero attached hydrogens (tertiary/aromatic N) is 1. The van der Waals surface area contributed by atoms with E-state index in [4.69, 9.17) is 16.7 Å². The third-order valence-corrected chi connectivity index (χ3v) is 0.997. The maximum Gasteiger partial charge on any atom is 0.162 e. The summed E-state index contributed by atoms with van der Waals surface area (Å²) in [4.78, 5) is 3.49. The Balaban J connectivity index is 3.13. The number of rotatable bonds is 0. The van der Waals surface area contributed by atoms with Crippen LogP contribution in [0.5, 0.6) is 5.75 Å². The molecule has 0 aliphatic rings. The van der Waals surface area contributed by atoms with Gasteiger partial charge in [-0.05, 0) is 6.07 Å². The molecule has 2 nitrogen and oxygen atoms in total. The highest BCUT2D eigenvalue weighted by molar-refractivity contribution is 6.31. The molecule has 0 spiro atoms. The summed E-state index contributed by atoms with van der Waals surface area (Å²) in [6.45, 7) is 0. The quantitative estimate of drug-likeness (QED) is 0.570. The van der Waals surface area contributed by atoms with Crippen molar-refractivity contribution in [3.05, 3.63) is 23.5 Å². The van der Waals surface area contributed by atoms with Crippen LogP contribution in [0.15, 0.2) is 12.3 Å². The van der Waals surface area contributed by atoms with Crippen LogP contribution >= 0.6 is 11.6 Å². The van der Waals surface area contributed by atoms with Gasteiger partial charge in [-0.1, -0.05) is 11.6 Å². The zero-order valence-corrected chi connectivity index (χ0v) is 4.68. The molecule has 0 unspecified atom stereocenters. The Hall–Kier alpha value is -0.760. The second kappa shape index (κ2) is 2.01. The molecule has 1 rings (SSSR count). The highest BCUT2D eigenvalue weighted by Crippen LogP contribution is 2.18. The molecule has 0 aromatic carbocycles. The van der Waals surface area contributed by atoms with Crippen molar-refractivity contribution in [2.24, 2.45) is 0 Å². The molecule has 8 heavy (non-hydrogen) atoms. The summed E-state index contributed by atoms with van der Waals surface area (Å²) >= 11 is 5.39. The lowest BCUT2D eigenvalue weighted by Crippen LogP contribution is -1.69. The van der Waals surface area contributed by atoms with Crippen LogP contribution in [0.1, 0.15) is 0 Å². The maximum atomic E-state index is 8.67. The Bertz CT molecular complexity index is 169. The molecule has 1 aromatic rings. The molecular formula is C5H3ClNO. The van der Waals surface area contributed by atoms with E-state index in [0.717, 1.165) is 0 Å². The van der Waals surface area contributed by atoms with E-state index in [-0.39, 0.29) is 10.8 Å². The van der Waals surface area contributed by atoms with Gasteiger partial charge in [-0.15, -0.1) is 0 Å². The van der Waals surface area contributed by atoms with Gasteiger partial charge in [0.25, 0.3) is 0 Å². The van der Waals surface area contributed by atoms with Gasteiger partial charge in [-0.2, -0.15) is 0 Å². The van der Waals surface area contributed by atoms with Crippen LogP contribution in [-0.2, 0) is 0 Å². The zero-order valence-electron chi connectivity index (χ0n) is 3.93. The lowest BCUT2D eigenvalue weighted by Gasteiger charge is -1.88. The predicted molar refractivity (Wildman–Crippen MR) is 29.7 cm³/mol. The highest BCUT2D eigenvalue weighted by atomic mass is 35.5. The minimum absolute atomic E-state index is 0.103. The number of halogens is 1. The average Bonchev–Trinajstić information content (AvgIpc) is 1.77. The van der Waals surface area contributed by atoms with E-state index in [0.29, 0.717) is 0 Å². The summed E-state index contributed by atoms with van der Waals surface area (Å²) in [6.07, 6.45) is 3.73. The lowest BCUT2D eigenvalue weighted by molar-refractivity contribution is 0.471. The van der Waals surface area contributed by atoms with Crippen molar-refractivity contribution in [3.8, 4) is 5.75 Å². The molecule has 0 fully saturated rings. The van der Waals surface area contributed by atoms with Crippen LogP contribution < -0.4 is 0 Å². The molecule has 1 radical (unpaired) electrons. The van der Waals surface area contributed by atoms with Gasteiger partial charge in [0.15, 0.2) is 5.75 Å². The van der Waals surface area contributed by atoms with E-state index in [2.05, 4.69) is 11.2 Å². The standard InChI is InChI=1S/C5H3ClNO/c6-4-1-2-7-3-5(4)8/h1-2,8H. The first-order valence-electron chi connectivity index (χ1n) is 2.02. The number of hydrogen-bond acceptors (Lipinski definition) is 2. The molecule has 41 valence electrons. The number of aromatic nitrogens is 1. The van der Waals surface area contributed by atoms with Gasteiger partial charge in [0.1, 0.15) is 6.20 Å². The summed E-state index contributed by atoms with van der Waals surface area (Å²) in [5.41, 5.74) is 0. The first-order chi connectivity index (χ1) is 3.80. The van der Waals surface area contributed by atoms with E-state index >= 15 is 0 Å². The smallest absolute Gasteiger partial charge is 0.162 e. The van der Waals surface area contributed by atoms with Crippen molar-refractivity contribution >= 4 is 11.6 Å². The number of pyridine rings is 1. The first-order valence-corrected chi connectivity index (χ1v) is 2.39. The van der Waals surface area contributed by atoms with Crippen molar-refractivity contribution in [1.29, 1.82) is 0 Å². The minimum Gasteiger partial charge on any atom is -0.504 e. The SMILES string of the molecule is Oc1[c]nccc1Cl.